The van der Waals surface area contributed by atoms with Gasteiger partial charge in [0.05, 0.1) is 6.54 Å². The average molecular weight is 401 g/mol. The van der Waals surface area contributed by atoms with Crippen LogP contribution in [0, 0.1) is 5.92 Å². The molecule has 29 heavy (non-hydrogen) atoms. The Hall–Kier alpha value is -1.92. The highest BCUT2D eigenvalue weighted by atomic mass is 16.2. The summed E-state index contributed by atoms with van der Waals surface area (Å²) in [5.41, 5.74) is 1.33. The molecule has 0 aromatic heterocycles. The van der Waals surface area contributed by atoms with Gasteiger partial charge in [0.25, 0.3) is 0 Å². The molecule has 2 heterocycles. The highest BCUT2D eigenvalue weighted by Gasteiger charge is 2.26. The molecule has 2 saturated heterocycles. The summed E-state index contributed by atoms with van der Waals surface area (Å²) in [6.07, 6.45) is 3.69. The van der Waals surface area contributed by atoms with Gasteiger partial charge >= 0.3 is 0 Å². The van der Waals surface area contributed by atoms with Gasteiger partial charge in [-0.15, -0.1) is 0 Å². The molecule has 0 bridgehead atoms. The molecule has 2 aliphatic rings. The van der Waals surface area contributed by atoms with Gasteiger partial charge in [-0.2, -0.15) is 0 Å². The van der Waals surface area contributed by atoms with Gasteiger partial charge in [-0.1, -0.05) is 30.3 Å². The first kappa shape index (κ1) is 21.8. The molecule has 0 unspecified atom stereocenters. The molecule has 2 amide bonds. The Kier molecular flexibility index (Phi) is 8.07. The molecule has 0 N–H and O–H groups in total. The van der Waals surface area contributed by atoms with E-state index in [1.807, 2.05) is 34.9 Å². The number of hydrogen-bond acceptors (Lipinski definition) is 4. The molecule has 6 heteroatoms. The second kappa shape index (κ2) is 10.7. The first-order chi connectivity index (χ1) is 14.0. The second-order valence-corrected chi connectivity index (χ2v) is 8.77. The predicted octanol–water partition coefficient (Wildman–Crippen LogP) is 1.91. The van der Waals surface area contributed by atoms with Crippen LogP contribution in [0.2, 0.25) is 0 Å². The summed E-state index contributed by atoms with van der Waals surface area (Å²) in [6.45, 7) is 6.63. The van der Waals surface area contributed by atoms with Crippen molar-refractivity contribution in [2.24, 2.45) is 5.92 Å². The Morgan fingerprint density at radius 3 is 2.38 bits per heavy atom. The van der Waals surface area contributed by atoms with Crippen LogP contribution in [0.25, 0.3) is 0 Å². The van der Waals surface area contributed by atoms with Crippen molar-refractivity contribution in [2.45, 2.75) is 32.2 Å². The number of rotatable bonds is 7. The number of piperazine rings is 1. The quantitative estimate of drug-likeness (QED) is 0.702. The molecule has 0 radical (unpaired) electrons. The third-order valence-corrected chi connectivity index (χ3v) is 6.06. The maximum Gasteiger partial charge on any atom is 0.236 e. The first-order valence-corrected chi connectivity index (χ1v) is 11.0. The van der Waals surface area contributed by atoms with E-state index >= 15 is 0 Å². The van der Waals surface area contributed by atoms with Gasteiger partial charge in [0.15, 0.2) is 0 Å². The van der Waals surface area contributed by atoms with Crippen molar-refractivity contribution in [3.63, 3.8) is 0 Å². The highest BCUT2D eigenvalue weighted by molar-refractivity contribution is 5.78. The minimum atomic E-state index is 0.209. The lowest BCUT2D eigenvalue weighted by atomic mass is 9.93. The van der Waals surface area contributed by atoms with Crippen LogP contribution in [-0.4, -0.2) is 91.3 Å². The number of benzene rings is 1. The Bertz CT molecular complexity index is 656. The molecule has 1 aromatic carbocycles. The fourth-order valence-corrected chi connectivity index (χ4v) is 4.38. The Morgan fingerprint density at radius 2 is 1.69 bits per heavy atom. The average Bonchev–Trinajstić information content (AvgIpc) is 2.73. The molecule has 6 nitrogen and oxygen atoms in total. The third-order valence-electron chi connectivity index (χ3n) is 6.06. The third kappa shape index (κ3) is 6.82. The summed E-state index contributed by atoms with van der Waals surface area (Å²) in [5.74, 6) is 0.944. The highest BCUT2D eigenvalue weighted by Crippen LogP contribution is 2.22. The molecule has 160 valence electrons. The molecule has 3 rings (SSSR count). The van der Waals surface area contributed by atoms with Gasteiger partial charge in [-0.25, -0.2) is 0 Å². The molecular weight excluding hydrogens is 364 g/mol. The summed E-state index contributed by atoms with van der Waals surface area (Å²) >= 11 is 0. The molecule has 2 fully saturated rings. The minimum absolute atomic E-state index is 0.209. The van der Waals surface area contributed by atoms with Crippen molar-refractivity contribution >= 4 is 11.8 Å². The predicted molar refractivity (Wildman–Crippen MR) is 115 cm³/mol. The zero-order chi connectivity index (χ0) is 20.6. The fourth-order valence-electron chi connectivity index (χ4n) is 4.38. The minimum Gasteiger partial charge on any atom is -0.341 e. The monoisotopic (exact) mass is 400 g/mol. The maximum absolute atomic E-state index is 12.7. The van der Waals surface area contributed by atoms with Crippen LogP contribution in [0.4, 0.5) is 0 Å². The van der Waals surface area contributed by atoms with Crippen molar-refractivity contribution in [3.05, 3.63) is 35.9 Å². The standard InChI is InChI=1S/C23H36N4O2/c1-24(2)19-23(29)27-12-6-9-21(18-27)10-11-22(28)26-15-13-25(14-16-26)17-20-7-4-3-5-8-20/h3-5,7-8,21H,6,9-19H2,1-2H3/t21-/m1/s1. The summed E-state index contributed by atoms with van der Waals surface area (Å²) in [5, 5.41) is 0. The number of likely N-dealkylation sites (tertiary alicyclic amines) is 1. The van der Waals surface area contributed by atoms with Crippen molar-refractivity contribution in [2.75, 3.05) is 59.9 Å². The van der Waals surface area contributed by atoms with E-state index in [1.165, 1.54) is 5.56 Å². The summed E-state index contributed by atoms with van der Waals surface area (Å²) in [7, 11) is 3.86. The van der Waals surface area contributed by atoms with Crippen LogP contribution in [0.1, 0.15) is 31.2 Å². The van der Waals surface area contributed by atoms with E-state index in [-0.39, 0.29) is 11.8 Å². The van der Waals surface area contributed by atoms with Crippen molar-refractivity contribution < 1.29 is 9.59 Å². The zero-order valence-corrected chi connectivity index (χ0v) is 18.1. The van der Waals surface area contributed by atoms with Gasteiger partial charge in [-0.05, 0) is 44.8 Å². The molecule has 2 aliphatic heterocycles. The van der Waals surface area contributed by atoms with Crippen LogP contribution in [-0.2, 0) is 16.1 Å². The van der Waals surface area contributed by atoms with Crippen LogP contribution >= 0.6 is 0 Å². The zero-order valence-electron chi connectivity index (χ0n) is 18.1. The van der Waals surface area contributed by atoms with E-state index in [1.54, 1.807) is 0 Å². The first-order valence-electron chi connectivity index (χ1n) is 11.0. The molecule has 1 atom stereocenters. The van der Waals surface area contributed by atoms with Gasteiger partial charge in [0.1, 0.15) is 0 Å². The Labute approximate surface area is 175 Å². The lowest BCUT2D eigenvalue weighted by Crippen LogP contribution is -2.48. The molecule has 0 saturated carbocycles. The normalized spacial score (nSPS) is 20.9. The van der Waals surface area contributed by atoms with E-state index in [2.05, 4.69) is 29.2 Å². The Balaban J connectivity index is 1.37. The van der Waals surface area contributed by atoms with E-state index in [4.69, 9.17) is 0 Å². The summed E-state index contributed by atoms with van der Waals surface area (Å²) < 4.78 is 0. The lowest BCUT2D eigenvalue weighted by Gasteiger charge is -2.36. The topological polar surface area (TPSA) is 47.1 Å². The molecular formula is C23H36N4O2. The van der Waals surface area contributed by atoms with Crippen LogP contribution in [0.5, 0.6) is 0 Å². The number of hydrogen-bond donors (Lipinski definition) is 0. The van der Waals surface area contributed by atoms with Gasteiger partial charge in [-0.3, -0.25) is 14.5 Å². The maximum atomic E-state index is 12.7. The fraction of sp³-hybridized carbons (Fsp3) is 0.652. The van der Waals surface area contributed by atoms with Gasteiger partial charge in [0.2, 0.25) is 11.8 Å². The van der Waals surface area contributed by atoms with Crippen LogP contribution < -0.4 is 0 Å². The van der Waals surface area contributed by atoms with Crippen molar-refractivity contribution in [1.82, 2.24) is 19.6 Å². The van der Waals surface area contributed by atoms with Crippen LogP contribution in [0.3, 0.4) is 0 Å². The number of carbonyl (C=O) groups is 2. The Morgan fingerprint density at radius 1 is 0.966 bits per heavy atom. The van der Waals surface area contributed by atoms with Crippen molar-refractivity contribution in [1.29, 1.82) is 0 Å². The summed E-state index contributed by atoms with van der Waals surface area (Å²) in [4.78, 5) is 33.4. The van der Waals surface area contributed by atoms with E-state index < -0.39 is 0 Å². The van der Waals surface area contributed by atoms with Crippen LogP contribution in [0.15, 0.2) is 30.3 Å². The van der Waals surface area contributed by atoms with Gasteiger partial charge < -0.3 is 14.7 Å². The molecule has 0 aliphatic carbocycles. The van der Waals surface area contributed by atoms with E-state index in [9.17, 15) is 9.59 Å². The van der Waals surface area contributed by atoms with E-state index in [0.29, 0.717) is 18.9 Å². The largest absolute Gasteiger partial charge is 0.341 e. The number of amides is 2. The second-order valence-electron chi connectivity index (χ2n) is 8.77. The SMILES string of the molecule is CN(C)CC(=O)N1CCC[C@H](CCC(=O)N2CCN(Cc3ccccc3)CC2)C1. The number of nitrogens with zero attached hydrogens (tertiary/aromatic N) is 4. The van der Waals surface area contributed by atoms with Gasteiger partial charge in [0, 0.05) is 52.2 Å². The lowest BCUT2D eigenvalue weighted by molar-refractivity contribution is -0.134. The van der Waals surface area contributed by atoms with Crippen molar-refractivity contribution in [3.8, 4) is 0 Å². The number of piperidine rings is 1. The number of likely N-dealkylation sites (N-methyl/N-ethyl adjacent to an activating group) is 1. The summed E-state index contributed by atoms with van der Waals surface area (Å²) in [6, 6.07) is 10.5. The van der Waals surface area contributed by atoms with E-state index in [0.717, 1.165) is 65.1 Å². The molecule has 1 aromatic rings. The molecule has 0 spiro atoms. The smallest absolute Gasteiger partial charge is 0.236 e. The number of carbonyl (C=O) groups excluding carboxylic acids is 2.